The molecule has 5 rings (SSSR count). The molecule has 10 nitrogen and oxygen atoms in total. The fourth-order valence-corrected chi connectivity index (χ4v) is 5.23. The van der Waals surface area contributed by atoms with Crippen LogP contribution in [0.3, 0.4) is 0 Å². The first-order chi connectivity index (χ1) is 18.6. The Morgan fingerprint density at radius 2 is 2.05 bits per heavy atom. The Morgan fingerprint density at radius 3 is 2.77 bits per heavy atom. The van der Waals surface area contributed by atoms with Crippen molar-refractivity contribution >= 4 is 27.9 Å². The molecule has 2 unspecified atom stereocenters. The van der Waals surface area contributed by atoms with Crippen LogP contribution < -0.4 is 10.6 Å². The van der Waals surface area contributed by atoms with Crippen LogP contribution in [0.5, 0.6) is 0 Å². The maximum Gasteiger partial charge on any atom is 0.255 e. The van der Waals surface area contributed by atoms with E-state index in [9.17, 15) is 14.5 Å². The van der Waals surface area contributed by atoms with E-state index in [4.69, 9.17) is 0 Å². The van der Waals surface area contributed by atoms with Crippen LogP contribution >= 0.6 is 0 Å². The molecule has 3 heterocycles. The van der Waals surface area contributed by atoms with E-state index in [0.717, 1.165) is 0 Å². The van der Waals surface area contributed by atoms with E-state index in [1.54, 1.807) is 24.5 Å². The molecule has 0 aliphatic heterocycles. The van der Waals surface area contributed by atoms with E-state index < -0.39 is 28.1 Å². The fraction of sp³-hybridized carbons (Fsp3) is 0.333. The van der Waals surface area contributed by atoms with Crippen LogP contribution in [0.25, 0.3) is 33.2 Å². The van der Waals surface area contributed by atoms with E-state index in [0.29, 0.717) is 52.7 Å². The number of likely N-dealkylation sites (N-methyl/N-ethyl adjacent to an activating group) is 1. The second-order valence-corrected chi connectivity index (χ2v) is 9.98. The number of nitrogens with zero attached hydrogens (tertiary/aromatic N) is 5. The molecule has 1 aliphatic rings. The number of fused-ring (bicyclic) bond motifs is 2. The molecule has 2 atom stereocenters. The van der Waals surface area contributed by atoms with Crippen molar-refractivity contribution in [3.05, 3.63) is 76.3 Å². The maximum atomic E-state index is 15.6. The quantitative estimate of drug-likeness (QED) is 0.215. The third-order valence-corrected chi connectivity index (χ3v) is 7.08. The lowest BCUT2D eigenvalue weighted by Gasteiger charge is -2.36. The SMILES string of the molecule is CCNC1(CCN(C)C)C=C(F)C(Nc2nc(-c3cn(C)c4cccc(F)c34)c3cc[nH]c3n2)=CC1[N+](=O)[O-]. The van der Waals surface area contributed by atoms with Crippen LogP contribution in [0, 0.1) is 15.9 Å². The number of halogens is 2. The molecule has 1 aromatic carbocycles. The van der Waals surface area contributed by atoms with E-state index in [2.05, 4.69) is 25.6 Å². The highest BCUT2D eigenvalue weighted by molar-refractivity contribution is 6.03. The Hall–Kier alpha value is -4.16. The zero-order chi connectivity index (χ0) is 27.9. The third kappa shape index (κ3) is 4.77. The van der Waals surface area contributed by atoms with Gasteiger partial charge in [-0.3, -0.25) is 10.1 Å². The summed E-state index contributed by atoms with van der Waals surface area (Å²) in [5.41, 5.74) is 0.836. The highest BCUT2D eigenvalue weighted by atomic mass is 19.1. The second kappa shape index (κ2) is 10.2. The van der Waals surface area contributed by atoms with Gasteiger partial charge in [0.2, 0.25) is 5.95 Å². The molecular weight excluding hydrogens is 506 g/mol. The summed E-state index contributed by atoms with van der Waals surface area (Å²) < 4.78 is 32.3. The standard InChI is InChI=1S/C27H30F2N8O2/c1-5-31-27(10-12-35(2)3)14-19(29)20(13-22(27)37(38)39)32-26-33-24(16-9-11-30-25(16)34-26)17-15-36(4)21-8-6-7-18(28)23(17)21/h6-9,11,13-15,22,31H,5,10,12H2,1-4H3,(H2,30,32,33,34). The Morgan fingerprint density at radius 1 is 1.26 bits per heavy atom. The minimum Gasteiger partial charge on any atom is -0.350 e. The number of rotatable bonds is 9. The molecule has 0 spiro atoms. The summed E-state index contributed by atoms with van der Waals surface area (Å²) in [7, 11) is 5.54. The van der Waals surface area contributed by atoms with Crippen molar-refractivity contribution in [2.75, 3.05) is 32.5 Å². The molecule has 0 amide bonds. The molecule has 0 radical (unpaired) electrons. The Bertz CT molecular complexity index is 1620. The highest BCUT2D eigenvalue weighted by Gasteiger charge is 2.47. The summed E-state index contributed by atoms with van der Waals surface area (Å²) >= 11 is 0. The van der Waals surface area contributed by atoms with Gasteiger partial charge >= 0.3 is 0 Å². The zero-order valence-electron chi connectivity index (χ0n) is 22.1. The minimum absolute atomic E-state index is 0.0226. The van der Waals surface area contributed by atoms with Crippen molar-refractivity contribution in [3.63, 3.8) is 0 Å². The van der Waals surface area contributed by atoms with E-state index in [1.165, 1.54) is 18.2 Å². The van der Waals surface area contributed by atoms with Crippen molar-refractivity contribution in [2.45, 2.75) is 24.9 Å². The first kappa shape index (κ1) is 26.4. The average Bonchev–Trinajstić information content (AvgIpc) is 3.49. The topological polar surface area (TPSA) is 117 Å². The summed E-state index contributed by atoms with van der Waals surface area (Å²) in [6.07, 6.45) is 6.35. The summed E-state index contributed by atoms with van der Waals surface area (Å²) in [5.74, 6) is -1.02. The van der Waals surface area contributed by atoms with Crippen molar-refractivity contribution in [3.8, 4) is 11.3 Å². The number of nitro groups is 1. The molecule has 39 heavy (non-hydrogen) atoms. The predicted molar refractivity (Wildman–Crippen MR) is 147 cm³/mol. The number of benzene rings is 1. The molecule has 0 saturated heterocycles. The van der Waals surface area contributed by atoms with Gasteiger partial charge in [0.25, 0.3) is 6.04 Å². The van der Waals surface area contributed by atoms with Gasteiger partial charge in [0.05, 0.1) is 16.9 Å². The molecule has 0 fully saturated rings. The van der Waals surface area contributed by atoms with Gasteiger partial charge in [-0.2, -0.15) is 4.98 Å². The number of anilines is 1. The van der Waals surface area contributed by atoms with Gasteiger partial charge in [0.15, 0.2) is 0 Å². The van der Waals surface area contributed by atoms with Crippen LogP contribution in [0.15, 0.2) is 60.3 Å². The monoisotopic (exact) mass is 536 g/mol. The van der Waals surface area contributed by atoms with Crippen LogP contribution in [0.2, 0.25) is 0 Å². The van der Waals surface area contributed by atoms with Crippen molar-refractivity contribution in [2.24, 2.45) is 7.05 Å². The number of nitrogens with one attached hydrogen (secondary N) is 3. The smallest absolute Gasteiger partial charge is 0.255 e. The summed E-state index contributed by atoms with van der Waals surface area (Å²) in [6.45, 7) is 2.78. The minimum atomic E-state index is -1.24. The molecule has 204 valence electrons. The fourth-order valence-electron chi connectivity index (χ4n) is 5.23. The molecular formula is C27H30F2N8O2. The largest absolute Gasteiger partial charge is 0.350 e. The van der Waals surface area contributed by atoms with Gasteiger partial charge in [-0.1, -0.05) is 13.0 Å². The highest BCUT2D eigenvalue weighted by Crippen LogP contribution is 2.36. The Kier molecular flexibility index (Phi) is 6.91. The molecule has 4 aromatic rings. The van der Waals surface area contributed by atoms with Crippen molar-refractivity contribution in [1.29, 1.82) is 0 Å². The number of hydrogen-bond donors (Lipinski definition) is 3. The zero-order valence-corrected chi connectivity index (χ0v) is 22.1. The number of hydrogen-bond acceptors (Lipinski definition) is 7. The van der Waals surface area contributed by atoms with E-state index >= 15 is 4.39 Å². The van der Waals surface area contributed by atoms with Gasteiger partial charge in [-0.25, -0.2) is 13.8 Å². The molecule has 3 aromatic heterocycles. The number of H-pyrrole nitrogens is 1. The summed E-state index contributed by atoms with van der Waals surface area (Å²) in [4.78, 5) is 25.8. The number of aromatic nitrogens is 4. The Labute approximate surface area is 223 Å². The average molecular weight is 537 g/mol. The second-order valence-electron chi connectivity index (χ2n) is 9.98. The van der Waals surface area contributed by atoms with Gasteiger partial charge in [-0.05, 0) is 57.9 Å². The van der Waals surface area contributed by atoms with Gasteiger partial charge in [0, 0.05) is 46.8 Å². The lowest BCUT2D eigenvalue weighted by molar-refractivity contribution is -0.519. The summed E-state index contributed by atoms with van der Waals surface area (Å²) in [5, 5.41) is 19.2. The lowest BCUT2D eigenvalue weighted by Crippen LogP contribution is -2.58. The van der Waals surface area contributed by atoms with E-state index in [1.807, 2.05) is 43.6 Å². The maximum absolute atomic E-state index is 15.6. The number of allylic oxidation sites excluding steroid dienone is 1. The first-order valence-corrected chi connectivity index (χ1v) is 12.6. The molecule has 12 heteroatoms. The molecule has 0 bridgehead atoms. The normalized spacial score (nSPS) is 19.5. The van der Waals surface area contributed by atoms with Gasteiger partial charge < -0.3 is 25.1 Å². The third-order valence-electron chi connectivity index (χ3n) is 7.08. The predicted octanol–water partition coefficient (Wildman–Crippen LogP) is 4.36. The summed E-state index contributed by atoms with van der Waals surface area (Å²) in [6, 6.07) is 5.39. The number of aryl methyl sites for hydroxylation is 1. The van der Waals surface area contributed by atoms with Crippen molar-refractivity contribution in [1.82, 2.24) is 29.7 Å². The number of aromatic amines is 1. The molecule has 1 aliphatic carbocycles. The van der Waals surface area contributed by atoms with Gasteiger partial charge in [-0.15, -0.1) is 0 Å². The van der Waals surface area contributed by atoms with Crippen LogP contribution in [-0.2, 0) is 7.05 Å². The molecule has 3 N–H and O–H groups in total. The van der Waals surface area contributed by atoms with Crippen LogP contribution in [0.1, 0.15) is 13.3 Å². The first-order valence-electron chi connectivity index (χ1n) is 12.6. The lowest BCUT2D eigenvalue weighted by atomic mass is 9.82. The Balaban J connectivity index is 1.58. The van der Waals surface area contributed by atoms with E-state index in [-0.39, 0.29) is 11.6 Å². The van der Waals surface area contributed by atoms with Gasteiger partial charge in [0.1, 0.15) is 22.8 Å². The van der Waals surface area contributed by atoms with Crippen LogP contribution in [-0.4, -0.2) is 68.1 Å². The van der Waals surface area contributed by atoms with Crippen LogP contribution in [0.4, 0.5) is 14.7 Å². The van der Waals surface area contributed by atoms with Crippen molar-refractivity contribution < 1.29 is 13.7 Å². The molecule has 0 saturated carbocycles.